The second-order valence-electron chi connectivity index (χ2n) is 7.55. The molecule has 0 aromatic heterocycles. The lowest BCUT2D eigenvalue weighted by atomic mass is 9.98. The molecular weight excluding hydrogens is 338 g/mol. The van der Waals surface area contributed by atoms with E-state index in [0.717, 1.165) is 51.1 Å². The summed E-state index contributed by atoms with van der Waals surface area (Å²) in [5, 5.41) is 12.9. The second-order valence-corrected chi connectivity index (χ2v) is 7.55. The van der Waals surface area contributed by atoms with E-state index in [-0.39, 0.29) is 5.92 Å². The first-order chi connectivity index (χ1) is 13.2. The molecule has 2 aromatic carbocycles. The maximum absolute atomic E-state index is 11.3. The Hall–Kier alpha value is -2.53. The molecule has 0 saturated carbocycles. The van der Waals surface area contributed by atoms with Crippen molar-refractivity contribution in [3.05, 3.63) is 54.1 Å². The first kappa shape index (κ1) is 17.9. The van der Waals surface area contributed by atoms with Crippen LogP contribution >= 0.6 is 0 Å². The number of aliphatic carboxylic acids is 1. The number of fused-ring (bicyclic) bond motifs is 2. The van der Waals surface area contributed by atoms with Crippen LogP contribution in [-0.4, -0.2) is 42.2 Å². The number of hydrogen-bond donors (Lipinski definition) is 2. The predicted octanol–water partition coefficient (Wildman–Crippen LogP) is 3.94. The van der Waals surface area contributed by atoms with E-state index in [9.17, 15) is 9.90 Å². The van der Waals surface area contributed by atoms with Gasteiger partial charge in [-0.15, -0.1) is 0 Å². The standard InChI is InChI=1S/C22H27N3O2/c26-22(27)18-8-5-12-24(15-18)13-6-14-25-16-17-7-1-2-9-19(17)23-20-10-3-4-11-21(20)25/h1-4,7,9-11,18,23H,5-6,8,12-16H2,(H,26,27)/t18-/m1/s1. The van der Waals surface area contributed by atoms with E-state index in [1.807, 2.05) is 0 Å². The van der Waals surface area contributed by atoms with E-state index in [1.165, 1.54) is 16.9 Å². The molecule has 1 atom stereocenters. The molecule has 0 aliphatic carbocycles. The quantitative estimate of drug-likeness (QED) is 0.841. The third kappa shape index (κ3) is 4.08. The van der Waals surface area contributed by atoms with Crippen LogP contribution < -0.4 is 10.2 Å². The second kappa shape index (κ2) is 8.01. The molecule has 2 aliphatic rings. The molecule has 27 heavy (non-hydrogen) atoms. The summed E-state index contributed by atoms with van der Waals surface area (Å²) in [4.78, 5) is 16.0. The van der Waals surface area contributed by atoms with Crippen LogP contribution in [0.3, 0.4) is 0 Å². The van der Waals surface area contributed by atoms with Gasteiger partial charge in [0.15, 0.2) is 0 Å². The highest BCUT2D eigenvalue weighted by Crippen LogP contribution is 2.35. The molecule has 0 unspecified atom stereocenters. The van der Waals surface area contributed by atoms with Gasteiger partial charge in [-0.05, 0) is 56.1 Å². The Morgan fingerprint density at radius 3 is 2.70 bits per heavy atom. The Balaban J connectivity index is 1.43. The van der Waals surface area contributed by atoms with Crippen LogP contribution in [0, 0.1) is 5.92 Å². The predicted molar refractivity (Wildman–Crippen MR) is 109 cm³/mol. The number of hydrogen-bond acceptors (Lipinski definition) is 4. The van der Waals surface area contributed by atoms with Crippen molar-refractivity contribution < 1.29 is 9.90 Å². The molecule has 0 amide bonds. The Morgan fingerprint density at radius 2 is 1.85 bits per heavy atom. The molecule has 1 saturated heterocycles. The van der Waals surface area contributed by atoms with Gasteiger partial charge >= 0.3 is 5.97 Å². The molecule has 2 aromatic rings. The largest absolute Gasteiger partial charge is 0.481 e. The first-order valence-electron chi connectivity index (χ1n) is 9.85. The lowest BCUT2D eigenvalue weighted by Crippen LogP contribution is -2.40. The van der Waals surface area contributed by atoms with Crippen LogP contribution in [-0.2, 0) is 11.3 Å². The van der Waals surface area contributed by atoms with Crippen molar-refractivity contribution in [2.24, 2.45) is 5.92 Å². The van der Waals surface area contributed by atoms with Crippen LogP contribution in [0.15, 0.2) is 48.5 Å². The molecule has 142 valence electrons. The summed E-state index contributed by atoms with van der Waals surface area (Å²) in [7, 11) is 0. The summed E-state index contributed by atoms with van der Waals surface area (Å²) in [6, 6.07) is 16.9. The fourth-order valence-electron chi connectivity index (χ4n) is 4.22. The molecule has 5 nitrogen and oxygen atoms in total. The van der Waals surface area contributed by atoms with Crippen molar-refractivity contribution in [2.45, 2.75) is 25.8 Å². The van der Waals surface area contributed by atoms with E-state index >= 15 is 0 Å². The number of benzene rings is 2. The summed E-state index contributed by atoms with van der Waals surface area (Å²) in [6.45, 7) is 4.51. The monoisotopic (exact) mass is 365 g/mol. The van der Waals surface area contributed by atoms with Crippen molar-refractivity contribution in [1.82, 2.24) is 4.90 Å². The Labute approximate surface area is 160 Å². The zero-order valence-electron chi connectivity index (χ0n) is 15.6. The summed E-state index contributed by atoms with van der Waals surface area (Å²) < 4.78 is 0. The average Bonchev–Trinajstić information content (AvgIpc) is 2.85. The van der Waals surface area contributed by atoms with Crippen LogP contribution in [0.5, 0.6) is 0 Å². The molecular formula is C22H27N3O2. The lowest BCUT2D eigenvalue weighted by Gasteiger charge is -2.32. The normalized spacial score (nSPS) is 19.6. The first-order valence-corrected chi connectivity index (χ1v) is 9.85. The van der Waals surface area contributed by atoms with Crippen molar-refractivity contribution in [3.63, 3.8) is 0 Å². The van der Waals surface area contributed by atoms with E-state index in [2.05, 4.69) is 63.6 Å². The zero-order chi connectivity index (χ0) is 18.6. The van der Waals surface area contributed by atoms with Gasteiger partial charge in [0, 0.05) is 25.3 Å². The molecule has 4 rings (SSSR count). The van der Waals surface area contributed by atoms with Crippen molar-refractivity contribution in [3.8, 4) is 0 Å². The number of carboxylic acid groups (broad SMARTS) is 1. The number of anilines is 3. The van der Waals surface area contributed by atoms with E-state index in [0.29, 0.717) is 6.54 Å². The van der Waals surface area contributed by atoms with Gasteiger partial charge in [0.2, 0.25) is 0 Å². The lowest BCUT2D eigenvalue weighted by molar-refractivity contribution is -0.143. The van der Waals surface area contributed by atoms with Crippen molar-refractivity contribution >= 4 is 23.0 Å². The average molecular weight is 365 g/mol. The third-order valence-electron chi connectivity index (χ3n) is 5.65. The van der Waals surface area contributed by atoms with E-state index < -0.39 is 5.97 Å². The van der Waals surface area contributed by atoms with Gasteiger partial charge in [-0.25, -0.2) is 0 Å². The van der Waals surface area contributed by atoms with Crippen molar-refractivity contribution in [2.75, 3.05) is 36.4 Å². The maximum atomic E-state index is 11.3. The maximum Gasteiger partial charge on any atom is 0.307 e. The number of likely N-dealkylation sites (tertiary alicyclic amines) is 1. The Kier molecular flexibility index (Phi) is 5.30. The summed E-state index contributed by atoms with van der Waals surface area (Å²) in [5.41, 5.74) is 4.85. The fourth-order valence-corrected chi connectivity index (χ4v) is 4.22. The highest BCUT2D eigenvalue weighted by molar-refractivity contribution is 5.78. The SMILES string of the molecule is O=C(O)[C@@H]1CCCN(CCCN2Cc3ccccc3Nc3ccccc32)C1. The highest BCUT2D eigenvalue weighted by Gasteiger charge is 2.25. The number of carbonyl (C=O) groups is 1. The number of rotatable bonds is 5. The van der Waals surface area contributed by atoms with Gasteiger partial charge in [-0.3, -0.25) is 4.79 Å². The number of carboxylic acids is 1. The number of para-hydroxylation sites is 3. The molecule has 0 radical (unpaired) electrons. The summed E-state index contributed by atoms with van der Waals surface area (Å²) in [5.74, 6) is -0.849. The van der Waals surface area contributed by atoms with Crippen LogP contribution in [0.25, 0.3) is 0 Å². The minimum absolute atomic E-state index is 0.200. The summed E-state index contributed by atoms with van der Waals surface area (Å²) in [6.07, 6.45) is 2.83. The molecule has 2 aliphatic heterocycles. The Bertz CT molecular complexity index is 808. The Morgan fingerprint density at radius 1 is 1.07 bits per heavy atom. The number of nitrogens with one attached hydrogen (secondary N) is 1. The van der Waals surface area contributed by atoms with Gasteiger partial charge in [0.05, 0.1) is 17.3 Å². The third-order valence-corrected chi connectivity index (χ3v) is 5.65. The highest BCUT2D eigenvalue weighted by atomic mass is 16.4. The van der Waals surface area contributed by atoms with Gasteiger partial charge in [-0.1, -0.05) is 30.3 Å². The van der Waals surface area contributed by atoms with Gasteiger partial charge in [0.1, 0.15) is 0 Å². The molecule has 5 heteroatoms. The van der Waals surface area contributed by atoms with E-state index in [1.54, 1.807) is 0 Å². The van der Waals surface area contributed by atoms with Crippen molar-refractivity contribution in [1.29, 1.82) is 0 Å². The molecule has 0 spiro atoms. The topological polar surface area (TPSA) is 55.8 Å². The molecule has 2 N–H and O–H groups in total. The molecule has 2 heterocycles. The minimum atomic E-state index is -0.649. The smallest absolute Gasteiger partial charge is 0.307 e. The van der Waals surface area contributed by atoms with Crippen LogP contribution in [0.4, 0.5) is 17.1 Å². The molecule has 0 bridgehead atoms. The van der Waals surface area contributed by atoms with Gasteiger partial charge in [-0.2, -0.15) is 0 Å². The van der Waals surface area contributed by atoms with Crippen LogP contribution in [0.1, 0.15) is 24.8 Å². The van der Waals surface area contributed by atoms with Crippen LogP contribution in [0.2, 0.25) is 0 Å². The van der Waals surface area contributed by atoms with Gasteiger partial charge in [0.25, 0.3) is 0 Å². The number of piperidine rings is 1. The minimum Gasteiger partial charge on any atom is -0.481 e. The summed E-state index contributed by atoms with van der Waals surface area (Å²) >= 11 is 0. The van der Waals surface area contributed by atoms with E-state index in [4.69, 9.17) is 0 Å². The fraction of sp³-hybridized carbons (Fsp3) is 0.409. The van der Waals surface area contributed by atoms with Gasteiger partial charge < -0.3 is 20.2 Å². The zero-order valence-corrected chi connectivity index (χ0v) is 15.6. The number of nitrogens with zero attached hydrogens (tertiary/aromatic N) is 2. The molecule has 1 fully saturated rings.